The van der Waals surface area contributed by atoms with Crippen LogP contribution in [0, 0.1) is 5.92 Å². The third kappa shape index (κ3) is 4.43. The van der Waals surface area contributed by atoms with E-state index in [1.807, 2.05) is 36.4 Å². The second-order valence-electron chi connectivity index (χ2n) is 6.88. The Morgan fingerprint density at radius 3 is 2.89 bits per heavy atom. The molecule has 1 unspecified atom stereocenters. The van der Waals surface area contributed by atoms with Gasteiger partial charge in [0.1, 0.15) is 18.4 Å². The molecule has 27 heavy (non-hydrogen) atoms. The number of aromatic nitrogens is 3. The van der Waals surface area contributed by atoms with Gasteiger partial charge in [-0.2, -0.15) is 5.10 Å². The SMILES string of the molecule is O=C(NCc1ccc(-n2cncn2)cc1)C1CCCN(Cc2ccco2)C1. The highest BCUT2D eigenvalue weighted by atomic mass is 16.3. The lowest BCUT2D eigenvalue weighted by atomic mass is 9.97. The predicted octanol–water partition coefficient (Wildman–Crippen LogP) is 2.39. The summed E-state index contributed by atoms with van der Waals surface area (Å²) in [5, 5.41) is 7.19. The number of carbonyl (C=O) groups excluding carboxylic acids is 1. The highest BCUT2D eigenvalue weighted by Crippen LogP contribution is 2.19. The smallest absolute Gasteiger partial charge is 0.224 e. The number of carbonyl (C=O) groups is 1. The molecule has 3 aromatic rings. The molecule has 0 spiro atoms. The Labute approximate surface area is 158 Å². The summed E-state index contributed by atoms with van der Waals surface area (Å²) >= 11 is 0. The molecule has 4 rings (SSSR count). The van der Waals surface area contributed by atoms with E-state index in [-0.39, 0.29) is 11.8 Å². The lowest BCUT2D eigenvalue weighted by Gasteiger charge is -2.31. The van der Waals surface area contributed by atoms with Crippen LogP contribution in [0.5, 0.6) is 0 Å². The highest BCUT2D eigenvalue weighted by Gasteiger charge is 2.26. The van der Waals surface area contributed by atoms with Crippen molar-refractivity contribution in [2.45, 2.75) is 25.9 Å². The summed E-state index contributed by atoms with van der Waals surface area (Å²) in [6, 6.07) is 11.8. The first-order valence-corrected chi connectivity index (χ1v) is 9.24. The molecule has 1 aliphatic rings. The van der Waals surface area contributed by atoms with Crippen LogP contribution in [0.2, 0.25) is 0 Å². The maximum Gasteiger partial charge on any atom is 0.224 e. The predicted molar refractivity (Wildman–Crippen MR) is 99.9 cm³/mol. The maximum absolute atomic E-state index is 12.6. The van der Waals surface area contributed by atoms with E-state index >= 15 is 0 Å². The Morgan fingerprint density at radius 1 is 1.26 bits per heavy atom. The molecule has 0 radical (unpaired) electrons. The van der Waals surface area contributed by atoms with Crippen LogP contribution in [-0.4, -0.2) is 38.7 Å². The number of nitrogens with zero attached hydrogens (tertiary/aromatic N) is 4. The molecule has 1 aromatic carbocycles. The molecule has 0 bridgehead atoms. The van der Waals surface area contributed by atoms with Gasteiger partial charge in [0.05, 0.1) is 24.4 Å². The Kier molecular flexibility index (Phi) is 5.29. The van der Waals surface area contributed by atoms with Crippen LogP contribution in [0.15, 0.2) is 59.7 Å². The fourth-order valence-electron chi connectivity index (χ4n) is 3.48. The van der Waals surface area contributed by atoms with Gasteiger partial charge < -0.3 is 9.73 Å². The van der Waals surface area contributed by atoms with Gasteiger partial charge in [0, 0.05) is 13.1 Å². The first kappa shape index (κ1) is 17.5. The topological polar surface area (TPSA) is 76.2 Å². The van der Waals surface area contributed by atoms with Crippen molar-refractivity contribution in [2.75, 3.05) is 13.1 Å². The van der Waals surface area contributed by atoms with E-state index in [1.54, 1.807) is 17.3 Å². The van der Waals surface area contributed by atoms with Crippen molar-refractivity contribution in [3.05, 3.63) is 66.6 Å². The lowest BCUT2D eigenvalue weighted by Crippen LogP contribution is -2.42. The Balaban J connectivity index is 1.28. The van der Waals surface area contributed by atoms with E-state index in [2.05, 4.69) is 20.3 Å². The molecular weight excluding hydrogens is 342 g/mol. The Bertz CT molecular complexity index is 843. The second kappa shape index (κ2) is 8.18. The molecule has 0 aliphatic carbocycles. The van der Waals surface area contributed by atoms with Gasteiger partial charge in [-0.15, -0.1) is 0 Å². The van der Waals surface area contributed by atoms with Crippen molar-refractivity contribution in [1.29, 1.82) is 0 Å². The summed E-state index contributed by atoms with van der Waals surface area (Å²) in [6.07, 6.45) is 6.83. The molecule has 3 heterocycles. The third-order valence-electron chi connectivity index (χ3n) is 4.92. The van der Waals surface area contributed by atoms with Gasteiger partial charge in [0.25, 0.3) is 0 Å². The van der Waals surface area contributed by atoms with Crippen molar-refractivity contribution in [3.8, 4) is 5.69 Å². The first-order chi connectivity index (χ1) is 13.3. The number of rotatable bonds is 6. The molecule has 7 heteroatoms. The molecule has 1 aliphatic heterocycles. The summed E-state index contributed by atoms with van der Waals surface area (Å²) in [5.74, 6) is 1.10. The number of benzene rings is 1. The summed E-state index contributed by atoms with van der Waals surface area (Å²) in [5.41, 5.74) is 2.01. The van der Waals surface area contributed by atoms with Gasteiger partial charge in [-0.3, -0.25) is 9.69 Å². The van der Waals surface area contributed by atoms with Crippen molar-refractivity contribution in [3.63, 3.8) is 0 Å². The number of nitrogens with one attached hydrogen (secondary N) is 1. The van der Waals surface area contributed by atoms with E-state index in [9.17, 15) is 4.79 Å². The standard InChI is InChI=1S/C20H23N5O2/c26-20(17-3-1-9-24(12-17)13-19-4-2-10-27-19)22-11-16-5-7-18(8-6-16)25-15-21-14-23-25/h2,4-8,10,14-15,17H,1,3,9,11-13H2,(H,22,26). The van der Waals surface area contributed by atoms with Crippen molar-refractivity contribution < 1.29 is 9.21 Å². The van der Waals surface area contributed by atoms with Crippen LogP contribution in [0.25, 0.3) is 5.69 Å². The normalized spacial score (nSPS) is 17.7. The zero-order chi connectivity index (χ0) is 18.5. The Morgan fingerprint density at radius 2 is 2.15 bits per heavy atom. The number of piperidine rings is 1. The van der Waals surface area contributed by atoms with E-state index < -0.39 is 0 Å². The van der Waals surface area contributed by atoms with Crippen LogP contribution in [0.1, 0.15) is 24.2 Å². The largest absolute Gasteiger partial charge is 0.468 e. The molecular formula is C20H23N5O2. The zero-order valence-electron chi connectivity index (χ0n) is 15.1. The van der Waals surface area contributed by atoms with Gasteiger partial charge in [-0.25, -0.2) is 9.67 Å². The average Bonchev–Trinajstić information content (AvgIpc) is 3.41. The van der Waals surface area contributed by atoms with Crippen LogP contribution in [-0.2, 0) is 17.9 Å². The Hall–Kier alpha value is -2.93. The number of amides is 1. The fraction of sp³-hybridized carbons (Fsp3) is 0.350. The van der Waals surface area contributed by atoms with Crippen molar-refractivity contribution in [1.82, 2.24) is 25.0 Å². The van der Waals surface area contributed by atoms with Crippen molar-refractivity contribution >= 4 is 5.91 Å². The van der Waals surface area contributed by atoms with Gasteiger partial charge in [0.2, 0.25) is 5.91 Å². The van der Waals surface area contributed by atoms with Crippen LogP contribution >= 0.6 is 0 Å². The summed E-state index contributed by atoms with van der Waals surface area (Å²) in [7, 11) is 0. The van der Waals surface area contributed by atoms with E-state index in [0.29, 0.717) is 6.54 Å². The van der Waals surface area contributed by atoms with Gasteiger partial charge in [-0.1, -0.05) is 12.1 Å². The fourth-order valence-corrected chi connectivity index (χ4v) is 3.48. The minimum atomic E-state index is 0.0307. The number of hydrogen-bond donors (Lipinski definition) is 1. The molecule has 140 valence electrons. The van der Waals surface area contributed by atoms with Crippen LogP contribution < -0.4 is 5.32 Å². The highest BCUT2D eigenvalue weighted by molar-refractivity contribution is 5.79. The van der Waals surface area contributed by atoms with Gasteiger partial charge in [-0.05, 0) is 49.2 Å². The number of hydrogen-bond acceptors (Lipinski definition) is 5. The number of likely N-dealkylation sites (tertiary alicyclic amines) is 1. The molecule has 7 nitrogen and oxygen atoms in total. The first-order valence-electron chi connectivity index (χ1n) is 9.24. The minimum Gasteiger partial charge on any atom is -0.468 e. The monoisotopic (exact) mass is 365 g/mol. The lowest BCUT2D eigenvalue weighted by molar-refractivity contribution is -0.127. The van der Waals surface area contributed by atoms with Gasteiger partial charge in [0.15, 0.2) is 0 Å². The van der Waals surface area contributed by atoms with E-state index in [0.717, 1.165) is 49.5 Å². The summed E-state index contributed by atoms with van der Waals surface area (Å²) < 4.78 is 7.13. The molecule has 2 aromatic heterocycles. The summed E-state index contributed by atoms with van der Waals surface area (Å²) in [4.78, 5) is 18.8. The molecule has 0 saturated carbocycles. The van der Waals surface area contributed by atoms with Crippen LogP contribution in [0.3, 0.4) is 0 Å². The molecule has 1 amide bonds. The zero-order valence-corrected chi connectivity index (χ0v) is 15.1. The average molecular weight is 365 g/mol. The summed E-state index contributed by atoms with van der Waals surface area (Å²) in [6.45, 7) is 3.08. The minimum absolute atomic E-state index is 0.0307. The molecule has 1 atom stereocenters. The van der Waals surface area contributed by atoms with E-state index in [1.165, 1.54) is 6.33 Å². The number of furan rings is 1. The van der Waals surface area contributed by atoms with Gasteiger partial charge >= 0.3 is 0 Å². The molecule has 1 saturated heterocycles. The third-order valence-corrected chi connectivity index (χ3v) is 4.92. The molecule has 1 N–H and O–H groups in total. The second-order valence-corrected chi connectivity index (χ2v) is 6.88. The maximum atomic E-state index is 12.6. The van der Waals surface area contributed by atoms with Crippen molar-refractivity contribution in [2.24, 2.45) is 5.92 Å². The quantitative estimate of drug-likeness (QED) is 0.726. The van der Waals surface area contributed by atoms with Crippen LogP contribution in [0.4, 0.5) is 0 Å². The molecule has 1 fully saturated rings. The van der Waals surface area contributed by atoms with E-state index in [4.69, 9.17) is 4.42 Å².